The van der Waals surface area contributed by atoms with Crippen molar-refractivity contribution in [3.8, 4) is 0 Å². The minimum absolute atomic E-state index is 0.117. The number of carbonyl (C=O) groups excluding carboxylic acids is 2. The topological polar surface area (TPSA) is 80.3 Å². The first-order chi connectivity index (χ1) is 9.99. The highest BCUT2D eigenvalue weighted by Gasteiger charge is 2.15. The molecule has 0 spiro atoms. The molecule has 21 heavy (non-hydrogen) atoms. The van der Waals surface area contributed by atoms with Crippen LogP contribution in [0.2, 0.25) is 0 Å². The Balaban J connectivity index is 2.11. The summed E-state index contributed by atoms with van der Waals surface area (Å²) in [6.45, 7) is 3.27. The van der Waals surface area contributed by atoms with Gasteiger partial charge in [-0.1, -0.05) is 0 Å². The predicted molar refractivity (Wildman–Crippen MR) is 82.2 cm³/mol. The Morgan fingerprint density at radius 2 is 1.81 bits per heavy atom. The van der Waals surface area contributed by atoms with Gasteiger partial charge in [0.15, 0.2) is 10.8 Å². The van der Waals surface area contributed by atoms with Gasteiger partial charge in [-0.2, -0.15) is 0 Å². The van der Waals surface area contributed by atoms with Crippen LogP contribution in [-0.4, -0.2) is 24.0 Å². The fraction of sp³-hybridized carbons (Fsp3) is 0.214. The number of ether oxygens (including phenoxy) is 1. The van der Waals surface area contributed by atoms with Gasteiger partial charge in [-0.15, -0.1) is 11.3 Å². The number of rotatable bonds is 4. The molecule has 1 aromatic carbocycles. The largest absolute Gasteiger partial charge is 0.464 e. The quantitative estimate of drug-likeness (QED) is 0.849. The molecule has 2 rings (SSSR count). The number of nitrogens with one attached hydrogen (secondary N) is 2. The van der Waals surface area contributed by atoms with Crippen LogP contribution >= 0.6 is 11.3 Å². The average molecular weight is 305 g/mol. The Hall–Kier alpha value is -2.41. The van der Waals surface area contributed by atoms with E-state index in [1.165, 1.54) is 25.4 Å². The van der Waals surface area contributed by atoms with E-state index in [0.717, 1.165) is 16.3 Å². The molecule has 1 amide bonds. The lowest BCUT2D eigenvalue weighted by Crippen LogP contribution is -2.05. The van der Waals surface area contributed by atoms with E-state index in [2.05, 4.69) is 20.4 Å². The van der Waals surface area contributed by atoms with Crippen molar-refractivity contribution in [2.24, 2.45) is 0 Å². The first-order valence-electron chi connectivity index (χ1n) is 6.20. The lowest BCUT2D eigenvalue weighted by atomic mass is 10.3. The number of benzene rings is 1. The molecule has 2 aromatic rings. The van der Waals surface area contributed by atoms with Gasteiger partial charge in [0, 0.05) is 23.2 Å². The van der Waals surface area contributed by atoms with E-state index in [1.807, 2.05) is 19.1 Å². The predicted octanol–water partition coefficient (Wildman–Crippen LogP) is 2.94. The van der Waals surface area contributed by atoms with Crippen LogP contribution in [0.1, 0.15) is 22.3 Å². The van der Waals surface area contributed by atoms with Gasteiger partial charge in [-0.3, -0.25) is 4.79 Å². The normalized spacial score (nSPS) is 10.0. The molecule has 0 bridgehead atoms. The number of aryl methyl sites for hydroxylation is 1. The first kappa shape index (κ1) is 15.0. The molecule has 0 radical (unpaired) electrons. The lowest BCUT2D eigenvalue weighted by molar-refractivity contribution is -0.114. The maximum atomic E-state index is 11.5. The molecule has 0 saturated heterocycles. The van der Waals surface area contributed by atoms with Crippen LogP contribution in [-0.2, 0) is 9.53 Å². The van der Waals surface area contributed by atoms with Crippen LogP contribution in [0.25, 0.3) is 0 Å². The molecule has 2 N–H and O–H groups in total. The van der Waals surface area contributed by atoms with Crippen LogP contribution in [0.5, 0.6) is 0 Å². The zero-order valence-corrected chi connectivity index (χ0v) is 12.7. The van der Waals surface area contributed by atoms with E-state index >= 15 is 0 Å². The van der Waals surface area contributed by atoms with Crippen LogP contribution < -0.4 is 10.6 Å². The molecule has 7 heteroatoms. The average Bonchev–Trinajstić information content (AvgIpc) is 2.80. The van der Waals surface area contributed by atoms with E-state index in [4.69, 9.17) is 0 Å². The van der Waals surface area contributed by atoms with Gasteiger partial charge < -0.3 is 15.4 Å². The molecule has 110 valence electrons. The van der Waals surface area contributed by atoms with Gasteiger partial charge in [0.25, 0.3) is 0 Å². The van der Waals surface area contributed by atoms with E-state index in [1.54, 1.807) is 12.1 Å². The van der Waals surface area contributed by atoms with Crippen LogP contribution in [0.3, 0.4) is 0 Å². The number of amides is 1. The Bertz CT molecular complexity index is 665. The summed E-state index contributed by atoms with van der Waals surface area (Å²) in [7, 11) is 1.33. The van der Waals surface area contributed by atoms with Crippen molar-refractivity contribution in [1.82, 2.24) is 4.98 Å². The zero-order valence-electron chi connectivity index (χ0n) is 11.9. The van der Waals surface area contributed by atoms with Crippen molar-refractivity contribution in [3.63, 3.8) is 0 Å². The Morgan fingerprint density at radius 3 is 2.38 bits per heavy atom. The molecule has 0 aliphatic carbocycles. The van der Waals surface area contributed by atoms with E-state index in [0.29, 0.717) is 10.8 Å². The van der Waals surface area contributed by atoms with Gasteiger partial charge >= 0.3 is 5.97 Å². The number of methoxy groups -OCH3 is 1. The minimum Gasteiger partial charge on any atom is -0.464 e. The summed E-state index contributed by atoms with van der Waals surface area (Å²) < 4.78 is 4.67. The fourth-order valence-corrected chi connectivity index (χ4v) is 2.52. The number of anilines is 3. The smallest absolute Gasteiger partial charge is 0.357 e. The van der Waals surface area contributed by atoms with Gasteiger partial charge in [0.1, 0.15) is 0 Å². The number of esters is 1. The third-order valence-electron chi connectivity index (χ3n) is 2.63. The maximum absolute atomic E-state index is 11.5. The number of aromatic nitrogens is 1. The summed E-state index contributed by atoms with van der Waals surface area (Å²) in [5, 5.41) is 6.41. The molecule has 0 saturated carbocycles. The Morgan fingerprint density at radius 1 is 1.19 bits per heavy atom. The van der Waals surface area contributed by atoms with Crippen LogP contribution in [0, 0.1) is 6.92 Å². The SMILES string of the molecule is COC(=O)c1nc(Nc2ccc(NC(C)=O)cc2)sc1C. The summed E-state index contributed by atoms with van der Waals surface area (Å²) in [5.41, 5.74) is 1.85. The van der Waals surface area contributed by atoms with Crippen molar-refractivity contribution in [2.75, 3.05) is 17.7 Å². The molecular formula is C14H15N3O3S. The van der Waals surface area contributed by atoms with Crippen molar-refractivity contribution in [3.05, 3.63) is 34.8 Å². The van der Waals surface area contributed by atoms with Gasteiger partial charge in [-0.25, -0.2) is 9.78 Å². The highest BCUT2D eigenvalue weighted by molar-refractivity contribution is 7.15. The first-order valence-corrected chi connectivity index (χ1v) is 7.01. The molecule has 1 aromatic heterocycles. The second kappa shape index (κ2) is 6.36. The number of nitrogens with zero attached hydrogens (tertiary/aromatic N) is 1. The number of thiazole rings is 1. The number of hydrogen-bond acceptors (Lipinski definition) is 6. The van der Waals surface area contributed by atoms with Gasteiger partial charge in [0.2, 0.25) is 5.91 Å². The van der Waals surface area contributed by atoms with E-state index < -0.39 is 5.97 Å². The molecule has 0 aliphatic heterocycles. The second-order valence-electron chi connectivity index (χ2n) is 4.30. The number of carbonyl (C=O) groups is 2. The highest BCUT2D eigenvalue weighted by Crippen LogP contribution is 2.26. The van der Waals surface area contributed by atoms with Crippen molar-refractivity contribution >= 4 is 39.7 Å². The Labute approximate surface area is 126 Å². The molecule has 1 heterocycles. The summed E-state index contributed by atoms with van der Waals surface area (Å²) in [5.74, 6) is -0.563. The second-order valence-corrected chi connectivity index (χ2v) is 5.50. The minimum atomic E-state index is -0.446. The Kier molecular flexibility index (Phi) is 4.54. The van der Waals surface area contributed by atoms with E-state index in [-0.39, 0.29) is 5.91 Å². The maximum Gasteiger partial charge on any atom is 0.357 e. The third kappa shape index (κ3) is 3.79. The van der Waals surface area contributed by atoms with Crippen molar-refractivity contribution in [2.45, 2.75) is 13.8 Å². The summed E-state index contributed by atoms with van der Waals surface area (Å²) in [4.78, 5) is 27.4. The fourth-order valence-electron chi connectivity index (χ4n) is 1.70. The summed E-state index contributed by atoms with van der Waals surface area (Å²) in [6, 6.07) is 7.20. The van der Waals surface area contributed by atoms with Crippen LogP contribution in [0.15, 0.2) is 24.3 Å². The summed E-state index contributed by atoms with van der Waals surface area (Å²) in [6.07, 6.45) is 0. The van der Waals surface area contributed by atoms with Crippen molar-refractivity contribution in [1.29, 1.82) is 0 Å². The van der Waals surface area contributed by atoms with Crippen molar-refractivity contribution < 1.29 is 14.3 Å². The summed E-state index contributed by atoms with van der Waals surface area (Å²) >= 11 is 1.37. The molecule has 0 fully saturated rings. The monoisotopic (exact) mass is 305 g/mol. The third-order valence-corrected chi connectivity index (χ3v) is 3.52. The molecular weight excluding hydrogens is 290 g/mol. The molecule has 0 aliphatic rings. The zero-order chi connectivity index (χ0) is 15.4. The molecule has 6 nitrogen and oxygen atoms in total. The van der Waals surface area contributed by atoms with Crippen LogP contribution in [0.4, 0.5) is 16.5 Å². The van der Waals surface area contributed by atoms with Gasteiger partial charge in [-0.05, 0) is 31.2 Å². The standard InChI is InChI=1S/C14H15N3O3S/c1-8-12(13(19)20-3)17-14(21-8)16-11-6-4-10(5-7-11)15-9(2)18/h4-7H,1-3H3,(H,15,18)(H,16,17). The molecule has 0 unspecified atom stereocenters. The number of hydrogen-bond donors (Lipinski definition) is 2. The van der Waals surface area contributed by atoms with Gasteiger partial charge in [0.05, 0.1) is 7.11 Å². The van der Waals surface area contributed by atoms with E-state index in [9.17, 15) is 9.59 Å². The molecule has 0 atom stereocenters. The highest BCUT2D eigenvalue weighted by atomic mass is 32.1. The lowest BCUT2D eigenvalue weighted by Gasteiger charge is -2.05.